The van der Waals surface area contributed by atoms with E-state index in [-0.39, 0.29) is 5.41 Å². The highest BCUT2D eigenvalue weighted by Gasteiger charge is 2.34. The van der Waals surface area contributed by atoms with E-state index in [9.17, 15) is 0 Å². The Hall–Kier alpha value is -0.340. The number of hydrogen-bond donors (Lipinski definition) is 1. The number of thiophene rings is 1. The summed E-state index contributed by atoms with van der Waals surface area (Å²) in [7, 11) is 0. The second-order valence-corrected chi connectivity index (χ2v) is 7.80. The Bertz CT molecular complexity index is 384. The zero-order valence-electron chi connectivity index (χ0n) is 12.4. The second kappa shape index (κ2) is 5.34. The van der Waals surface area contributed by atoms with Gasteiger partial charge in [0.1, 0.15) is 0 Å². The fourth-order valence-electron chi connectivity index (χ4n) is 2.58. The van der Waals surface area contributed by atoms with E-state index in [4.69, 9.17) is 0 Å². The van der Waals surface area contributed by atoms with Crippen LogP contribution in [0.2, 0.25) is 0 Å². The van der Waals surface area contributed by atoms with Gasteiger partial charge in [0.15, 0.2) is 0 Å². The first-order valence-corrected chi connectivity index (χ1v) is 8.08. The van der Waals surface area contributed by atoms with Crippen LogP contribution in [0.1, 0.15) is 63.3 Å². The van der Waals surface area contributed by atoms with Crippen LogP contribution in [0.5, 0.6) is 0 Å². The summed E-state index contributed by atoms with van der Waals surface area (Å²) in [5.74, 6) is 1.73. The molecule has 1 saturated carbocycles. The fourth-order valence-corrected chi connectivity index (χ4v) is 3.84. The largest absolute Gasteiger partial charge is 0.309 e. The Morgan fingerprint density at radius 3 is 2.44 bits per heavy atom. The average molecular weight is 265 g/mol. The summed E-state index contributed by atoms with van der Waals surface area (Å²) in [5, 5.41) is 3.70. The lowest BCUT2D eigenvalue weighted by Gasteiger charge is -2.24. The predicted molar refractivity (Wildman–Crippen MR) is 81.3 cm³/mol. The highest BCUT2D eigenvalue weighted by atomic mass is 32.1. The molecule has 2 atom stereocenters. The molecule has 0 aliphatic heterocycles. The average Bonchev–Trinajstić information content (AvgIpc) is 3.01. The summed E-state index contributed by atoms with van der Waals surface area (Å²) in [4.78, 5) is 3.03. The Morgan fingerprint density at radius 2 is 2.00 bits per heavy atom. The molecule has 1 heterocycles. The van der Waals surface area contributed by atoms with E-state index in [1.54, 1.807) is 0 Å². The van der Waals surface area contributed by atoms with Crippen molar-refractivity contribution in [2.24, 2.45) is 11.8 Å². The van der Waals surface area contributed by atoms with Crippen LogP contribution < -0.4 is 5.32 Å². The Morgan fingerprint density at radius 1 is 1.33 bits per heavy atom. The second-order valence-electron chi connectivity index (χ2n) is 6.68. The third-order valence-corrected chi connectivity index (χ3v) is 5.58. The van der Waals surface area contributed by atoms with Crippen LogP contribution in [-0.2, 0) is 5.41 Å². The lowest BCUT2D eigenvalue weighted by atomic mass is 9.94. The normalized spacial score (nSPS) is 19.8. The Balaban J connectivity index is 2.17. The SMILES string of the molecule is CCNC(c1ccc(C(C)(C)C)s1)C(C)C1CC1. The maximum atomic E-state index is 3.70. The van der Waals surface area contributed by atoms with Crippen molar-refractivity contribution in [3.05, 3.63) is 21.9 Å². The first-order chi connectivity index (χ1) is 8.43. The van der Waals surface area contributed by atoms with Gasteiger partial charge >= 0.3 is 0 Å². The highest BCUT2D eigenvalue weighted by molar-refractivity contribution is 7.12. The van der Waals surface area contributed by atoms with Crippen molar-refractivity contribution < 1.29 is 0 Å². The van der Waals surface area contributed by atoms with Gasteiger partial charge in [0.25, 0.3) is 0 Å². The third kappa shape index (κ3) is 3.16. The van der Waals surface area contributed by atoms with Crippen LogP contribution in [0.4, 0.5) is 0 Å². The number of hydrogen-bond acceptors (Lipinski definition) is 2. The molecule has 0 bridgehead atoms. The first-order valence-electron chi connectivity index (χ1n) is 7.27. The molecular formula is C16H27NS. The standard InChI is InChI=1S/C16H27NS/c1-6-17-15(11(2)12-7-8-12)13-9-10-14(18-13)16(3,4)5/h9-12,15,17H,6-8H2,1-5H3. The zero-order valence-corrected chi connectivity index (χ0v) is 13.2. The summed E-state index contributed by atoms with van der Waals surface area (Å²) < 4.78 is 0. The Labute approximate surface area is 116 Å². The fraction of sp³-hybridized carbons (Fsp3) is 0.750. The van der Waals surface area contributed by atoms with Gasteiger partial charge in [-0.3, -0.25) is 0 Å². The molecule has 1 fully saturated rings. The van der Waals surface area contributed by atoms with E-state index in [0.29, 0.717) is 6.04 Å². The van der Waals surface area contributed by atoms with E-state index < -0.39 is 0 Å². The number of rotatable bonds is 5. The van der Waals surface area contributed by atoms with Gasteiger partial charge in [0.05, 0.1) is 0 Å². The van der Waals surface area contributed by atoms with E-state index >= 15 is 0 Å². The van der Waals surface area contributed by atoms with E-state index in [1.165, 1.54) is 22.6 Å². The van der Waals surface area contributed by atoms with Crippen LogP contribution in [0.25, 0.3) is 0 Å². The smallest absolute Gasteiger partial charge is 0.0443 e. The lowest BCUT2D eigenvalue weighted by Crippen LogP contribution is -2.27. The monoisotopic (exact) mass is 265 g/mol. The van der Waals surface area contributed by atoms with Crippen LogP contribution in [-0.4, -0.2) is 6.54 Å². The van der Waals surface area contributed by atoms with E-state index in [0.717, 1.165) is 18.4 Å². The molecule has 18 heavy (non-hydrogen) atoms. The molecule has 1 aliphatic rings. The van der Waals surface area contributed by atoms with Gasteiger partial charge in [-0.25, -0.2) is 0 Å². The summed E-state index contributed by atoms with van der Waals surface area (Å²) in [6.07, 6.45) is 2.86. The van der Waals surface area contributed by atoms with Gasteiger partial charge in [-0.2, -0.15) is 0 Å². The minimum Gasteiger partial charge on any atom is -0.309 e. The van der Waals surface area contributed by atoms with Crippen molar-refractivity contribution >= 4 is 11.3 Å². The van der Waals surface area contributed by atoms with Crippen molar-refractivity contribution in [2.75, 3.05) is 6.54 Å². The Kier molecular flexibility index (Phi) is 4.18. The van der Waals surface area contributed by atoms with Crippen molar-refractivity contribution in [3.63, 3.8) is 0 Å². The predicted octanol–water partition coefficient (Wildman–Crippen LogP) is 4.74. The molecule has 1 nitrogen and oxygen atoms in total. The molecule has 0 aromatic carbocycles. The van der Waals surface area contributed by atoms with Gasteiger partial charge in [0.2, 0.25) is 0 Å². The molecule has 1 aromatic rings. The molecule has 0 amide bonds. The van der Waals surface area contributed by atoms with Crippen molar-refractivity contribution in [1.82, 2.24) is 5.32 Å². The molecule has 1 aromatic heterocycles. The van der Waals surface area contributed by atoms with Crippen LogP contribution >= 0.6 is 11.3 Å². The molecule has 1 N–H and O–H groups in total. The summed E-state index contributed by atoms with van der Waals surface area (Å²) >= 11 is 2.00. The maximum absolute atomic E-state index is 3.70. The summed E-state index contributed by atoms with van der Waals surface area (Å²) in [5.41, 5.74) is 0.280. The van der Waals surface area contributed by atoms with Crippen molar-refractivity contribution in [1.29, 1.82) is 0 Å². The molecule has 2 rings (SSSR count). The van der Waals surface area contributed by atoms with Gasteiger partial charge in [-0.1, -0.05) is 34.6 Å². The van der Waals surface area contributed by atoms with Crippen LogP contribution in [0.15, 0.2) is 12.1 Å². The highest BCUT2D eigenvalue weighted by Crippen LogP contribution is 2.44. The van der Waals surface area contributed by atoms with Crippen molar-refractivity contribution in [3.8, 4) is 0 Å². The zero-order chi connectivity index (χ0) is 13.3. The summed E-state index contributed by atoms with van der Waals surface area (Å²) in [6.45, 7) is 12.6. The molecular weight excluding hydrogens is 238 g/mol. The molecule has 0 radical (unpaired) electrons. The van der Waals surface area contributed by atoms with E-state index in [2.05, 4.69) is 52.1 Å². The van der Waals surface area contributed by atoms with E-state index in [1.807, 2.05) is 11.3 Å². The molecule has 0 saturated heterocycles. The minimum absolute atomic E-state index is 0.280. The summed E-state index contributed by atoms with van der Waals surface area (Å²) in [6, 6.07) is 5.23. The molecule has 102 valence electrons. The first kappa shape index (κ1) is 14.1. The van der Waals surface area contributed by atoms with Crippen molar-refractivity contribution in [2.45, 2.75) is 58.9 Å². The number of nitrogens with one attached hydrogen (secondary N) is 1. The molecule has 1 aliphatic carbocycles. The lowest BCUT2D eigenvalue weighted by molar-refractivity contribution is 0.360. The maximum Gasteiger partial charge on any atom is 0.0443 e. The van der Waals surface area contributed by atoms with Gasteiger partial charge in [-0.05, 0) is 48.8 Å². The van der Waals surface area contributed by atoms with Gasteiger partial charge in [-0.15, -0.1) is 11.3 Å². The molecule has 0 spiro atoms. The van der Waals surface area contributed by atoms with Crippen LogP contribution in [0, 0.1) is 11.8 Å². The van der Waals surface area contributed by atoms with Crippen LogP contribution in [0.3, 0.4) is 0 Å². The topological polar surface area (TPSA) is 12.0 Å². The van der Waals surface area contributed by atoms with Gasteiger partial charge in [0, 0.05) is 15.8 Å². The third-order valence-electron chi connectivity index (χ3n) is 3.99. The molecule has 2 unspecified atom stereocenters. The van der Waals surface area contributed by atoms with Gasteiger partial charge < -0.3 is 5.32 Å². The quantitative estimate of drug-likeness (QED) is 0.810. The molecule has 2 heteroatoms. The minimum atomic E-state index is 0.280.